The number of benzene rings is 1. The van der Waals surface area contributed by atoms with Crippen LogP contribution in [0.4, 0.5) is 0 Å². The van der Waals surface area contributed by atoms with E-state index in [-0.39, 0.29) is 18.9 Å². The Morgan fingerprint density at radius 1 is 1.44 bits per heavy atom. The van der Waals surface area contributed by atoms with Gasteiger partial charge in [-0.15, -0.1) is 0 Å². The first kappa shape index (κ1) is 13.3. The minimum atomic E-state index is -0.151. The van der Waals surface area contributed by atoms with E-state index in [0.29, 0.717) is 5.02 Å². The third-order valence-corrected chi connectivity index (χ3v) is 2.47. The van der Waals surface area contributed by atoms with Crippen molar-refractivity contribution < 1.29 is 9.84 Å². The SMILES string of the molecule is Cc1cc(Cl)ccc1OC(C)NC(C)CO. The maximum atomic E-state index is 8.91. The molecule has 0 saturated heterocycles. The predicted molar refractivity (Wildman–Crippen MR) is 66.0 cm³/mol. The molecule has 4 heteroatoms. The Morgan fingerprint density at radius 3 is 2.69 bits per heavy atom. The highest BCUT2D eigenvalue weighted by Gasteiger charge is 2.09. The number of aliphatic hydroxyl groups is 1. The summed E-state index contributed by atoms with van der Waals surface area (Å²) in [6, 6.07) is 5.52. The summed E-state index contributed by atoms with van der Waals surface area (Å²) in [7, 11) is 0. The van der Waals surface area contributed by atoms with Gasteiger partial charge < -0.3 is 9.84 Å². The van der Waals surface area contributed by atoms with E-state index >= 15 is 0 Å². The van der Waals surface area contributed by atoms with Crippen molar-refractivity contribution in [3.63, 3.8) is 0 Å². The van der Waals surface area contributed by atoms with Crippen LogP contribution >= 0.6 is 11.6 Å². The quantitative estimate of drug-likeness (QED) is 0.780. The summed E-state index contributed by atoms with van der Waals surface area (Å²) >= 11 is 5.86. The van der Waals surface area contributed by atoms with E-state index in [9.17, 15) is 0 Å². The topological polar surface area (TPSA) is 41.5 Å². The van der Waals surface area contributed by atoms with Gasteiger partial charge in [-0.25, -0.2) is 0 Å². The van der Waals surface area contributed by atoms with Crippen molar-refractivity contribution >= 4 is 11.6 Å². The highest BCUT2D eigenvalue weighted by molar-refractivity contribution is 6.30. The van der Waals surface area contributed by atoms with Gasteiger partial charge in [0.25, 0.3) is 0 Å². The van der Waals surface area contributed by atoms with Crippen LogP contribution in [0.25, 0.3) is 0 Å². The molecule has 0 amide bonds. The molecule has 0 aliphatic heterocycles. The number of hydrogen-bond donors (Lipinski definition) is 2. The van der Waals surface area contributed by atoms with E-state index in [1.165, 1.54) is 0 Å². The van der Waals surface area contributed by atoms with Crippen LogP contribution in [-0.4, -0.2) is 24.0 Å². The lowest BCUT2D eigenvalue weighted by molar-refractivity contribution is 0.143. The van der Waals surface area contributed by atoms with E-state index < -0.39 is 0 Å². The molecule has 16 heavy (non-hydrogen) atoms. The van der Waals surface area contributed by atoms with Crippen molar-refractivity contribution in [1.82, 2.24) is 5.32 Å². The molecule has 2 atom stereocenters. The van der Waals surface area contributed by atoms with Crippen molar-refractivity contribution in [3.8, 4) is 5.75 Å². The molecule has 90 valence electrons. The summed E-state index contributed by atoms with van der Waals surface area (Å²) in [4.78, 5) is 0. The summed E-state index contributed by atoms with van der Waals surface area (Å²) in [6.07, 6.45) is -0.151. The first-order chi connectivity index (χ1) is 7.52. The lowest BCUT2D eigenvalue weighted by atomic mass is 10.2. The molecule has 2 N–H and O–H groups in total. The fourth-order valence-corrected chi connectivity index (χ4v) is 1.65. The van der Waals surface area contributed by atoms with Gasteiger partial charge in [-0.2, -0.15) is 0 Å². The monoisotopic (exact) mass is 243 g/mol. The molecule has 0 heterocycles. The molecule has 1 rings (SSSR count). The zero-order valence-corrected chi connectivity index (χ0v) is 10.6. The number of halogens is 1. The van der Waals surface area contributed by atoms with Crippen LogP contribution in [-0.2, 0) is 0 Å². The Hall–Kier alpha value is -0.770. The van der Waals surface area contributed by atoms with E-state index in [1.807, 2.05) is 32.9 Å². The minimum absolute atomic E-state index is 0.0163. The van der Waals surface area contributed by atoms with Gasteiger partial charge in [0.15, 0.2) is 0 Å². The van der Waals surface area contributed by atoms with Crippen LogP contribution in [0, 0.1) is 6.92 Å². The molecule has 0 aliphatic rings. The number of ether oxygens (including phenoxy) is 1. The molecular weight excluding hydrogens is 226 g/mol. The highest BCUT2D eigenvalue weighted by Crippen LogP contribution is 2.22. The molecule has 0 aromatic heterocycles. The van der Waals surface area contributed by atoms with Crippen molar-refractivity contribution in [2.24, 2.45) is 0 Å². The molecule has 0 radical (unpaired) electrons. The van der Waals surface area contributed by atoms with Crippen LogP contribution in [0.1, 0.15) is 19.4 Å². The minimum Gasteiger partial charge on any atom is -0.475 e. The fourth-order valence-electron chi connectivity index (χ4n) is 1.42. The third kappa shape index (κ3) is 4.00. The Kier molecular flexibility index (Phi) is 5.06. The van der Waals surface area contributed by atoms with Crippen LogP contribution in [0.5, 0.6) is 5.75 Å². The van der Waals surface area contributed by atoms with Gasteiger partial charge in [-0.05, 0) is 44.5 Å². The summed E-state index contributed by atoms with van der Waals surface area (Å²) in [5.74, 6) is 0.800. The standard InChI is InChI=1S/C12H18ClNO2/c1-8-6-11(13)4-5-12(8)16-10(3)14-9(2)7-15/h4-6,9-10,14-15H,7H2,1-3H3. The van der Waals surface area contributed by atoms with Crippen molar-refractivity contribution in [2.75, 3.05) is 6.61 Å². The van der Waals surface area contributed by atoms with Gasteiger partial charge in [0, 0.05) is 11.1 Å². The van der Waals surface area contributed by atoms with E-state index in [1.54, 1.807) is 6.07 Å². The van der Waals surface area contributed by atoms with Crippen molar-refractivity contribution in [3.05, 3.63) is 28.8 Å². The molecular formula is C12H18ClNO2. The predicted octanol–water partition coefficient (Wildman–Crippen LogP) is 2.34. The van der Waals surface area contributed by atoms with Crippen LogP contribution < -0.4 is 10.1 Å². The zero-order chi connectivity index (χ0) is 12.1. The fraction of sp³-hybridized carbons (Fsp3) is 0.500. The number of hydrogen-bond acceptors (Lipinski definition) is 3. The first-order valence-corrected chi connectivity index (χ1v) is 5.70. The smallest absolute Gasteiger partial charge is 0.147 e. The molecule has 0 bridgehead atoms. The lowest BCUT2D eigenvalue weighted by Gasteiger charge is -2.20. The summed E-state index contributed by atoms with van der Waals surface area (Å²) in [6.45, 7) is 5.84. The van der Waals surface area contributed by atoms with E-state index in [2.05, 4.69) is 5.32 Å². The van der Waals surface area contributed by atoms with Gasteiger partial charge in [0.05, 0.1) is 6.61 Å². The van der Waals surface area contributed by atoms with Gasteiger partial charge in [0.1, 0.15) is 12.0 Å². The van der Waals surface area contributed by atoms with Gasteiger partial charge in [-0.1, -0.05) is 11.6 Å². The summed E-state index contributed by atoms with van der Waals surface area (Å²) < 4.78 is 5.69. The Bertz CT molecular complexity index is 344. The van der Waals surface area contributed by atoms with Crippen LogP contribution in [0.3, 0.4) is 0 Å². The maximum absolute atomic E-state index is 8.91. The molecule has 1 aromatic rings. The normalized spacial score (nSPS) is 14.6. The molecule has 0 spiro atoms. The average molecular weight is 244 g/mol. The molecule has 0 aliphatic carbocycles. The average Bonchev–Trinajstić information content (AvgIpc) is 2.22. The Labute approximate surface area is 101 Å². The van der Waals surface area contributed by atoms with Crippen molar-refractivity contribution in [1.29, 1.82) is 0 Å². The van der Waals surface area contributed by atoms with Crippen molar-refractivity contribution in [2.45, 2.75) is 33.0 Å². The van der Waals surface area contributed by atoms with E-state index in [4.69, 9.17) is 21.4 Å². The first-order valence-electron chi connectivity index (χ1n) is 5.32. The largest absolute Gasteiger partial charge is 0.475 e. The molecule has 3 nitrogen and oxygen atoms in total. The molecule has 1 aromatic carbocycles. The second-order valence-corrected chi connectivity index (χ2v) is 4.36. The maximum Gasteiger partial charge on any atom is 0.147 e. The number of rotatable bonds is 5. The highest BCUT2D eigenvalue weighted by atomic mass is 35.5. The summed E-state index contributed by atoms with van der Waals surface area (Å²) in [5.41, 5.74) is 0.998. The number of aliphatic hydroxyl groups excluding tert-OH is 1. The van der Waals surface area contributed by atoms with Gasteiger partial charge in [-0.3, -0.25) is 5.32 Å². The lowest BCUT2D eigenvalue weighted by Crippen LogP contribution is -2.40. The second kappa shape index (κ2) is 6.09. The Morgan fingerprint density at radius 2 is 2.12 bits per heavy atom. The zero-order valence-electron chi connectivity index (χ0n) is 9.83. The number of aryl methyl sites for hydroxylation is 1. The second-order valence-electron chi connectivity index (χ2n) is 3.92. The molecule has 2 unspecified atom stereocenters. The molecule has 0 fully saturated rings. The van der Waals surface area contributed by atoms with Crippen LogP contribution in [0.2, 0.25) is 5.02 Å². The number of nitrogens with one attached hydrogen (secondary N) is 1. The molecule has 0 saturated carbocycles. The van der Waals surface area contributed by atoms with Crippen LogP contribution in [0.15, 0.2) is 18.2 Å². The Balaban J connectivity index is 2.59. The summed E-state index contributed by atoms with van der Waals surface area (Å²) in [5, 5.41) is 12.7. The van der Waals surface area contributed by atoms with Gasteiger partial charge >= 0.3 is 0 Å². The third-order valence-electron chi connectivity index (χ3n) is 2.23. The van der Waals surface area contributed by atoms with E-state index in [0.717, 1.165) is 11.3 Å². The van der Waals surface area contributed by atoms with Gasteiger partial charge in [0.2, 0.25) is 0 Å².